The van der Waals surface area contributed by atoms with Gasteiger partial charge in [0.15, 0.2) is 0 Å². The Kier molecular flexibility index (Phi) is 3.20. The molecule has 0 fully saturated rings. The zero-order chi connectivity index (χ0) is 12.3. The second-order valence-corrected chi connectivity index (χ2v) is 3.70. The van der Waals surface area contributed by atoms with Crippen LogP contribution in [0.2, 0.25) is 0 Å². The third-order valence-corrected chi connectivity index (χ3v) is 2.50. The number of nitrogens with zero attached hydrogens (tertiary/aromatic N) is 1. The van der Waals surface area contributed by atoms with Gasteiger partial charge in [-0.3, -0.25) is 10.1 Å². The topological polar surface area (TPSA) is 76.5 Å². The molecule has 17 heavy (non-hydrogen) atoms. The van der Waals surface area contributed by atoms with E-state index in [1.54, 1.807) is 18.2 Å². The van der Waals surface area contributed by atoms with Crippen LogP contribution < -0.4 is 0 Å². The molecular weight excluding hydrogens is 222 g/mol. The van der Waals surface area contributed by atoms with Gasteiger partial charge in [-0.25, -0.2) is 0 Å². The van der Waals surface area contributed by atoms with E-state index >= 15 is 0 Å². The molecule has 88 valence electrons. The largest absolute Gasteiger partial charge is 0.472 e. The standard InChI is InChI=1S/C12H11NO4/c14-12(10-5-6-17-8-10)7-9-1-3-11(4-2-9)13(15)16/h1-6,8,12,14H,7H2. The third-order valence-electron chi connectivity index (χ3n) is 2.50. The molecule has 0 amide bonds. The maximum Gasteiger partial charge on any atom is 0.269 e. The van der Waals surface area contributed by atoms with E-state index in [0.717, 1.165) is 5.56 Å². The number of benzene rings is 1. The van der Waals surface area contributed by atoms with Crippen LogP contribution in [0.15, 0.2) is 47.3 Å². The van der Waals surface area contributed by atoms with Gasteiger partial charge in [-0.05, 0) is 11.6 Å². The molecule has 1 aromatic carbocycles. The molecule has 0 aliphatic carbocycles. The van der Waals surface area contributed by atoms with Crippen molar-refractivity contribution in [1.82, 2.24) is 0 Å². The van der Waals surface area contributed by atoms with Crippen molar-refractivity contribution in [3.8, 4) is 0 Å². The number of aliphatic hydroxyl groups is 1. The van der Waals surface area contributed by atoms with Crippen molar-refractivity contribution in [2.24, 2.45) is 0 Å². The van der Waals surface area contributed by atoms with Crippen LogP contribution in [0.3, 0.4) is 0 Å². The number of nitro benzene ring substituents is 1. The summed E-state index contributed by atoms with van der Waals surface area (Å²) in [5, 5.41) is 20.3. The summed E-state index contributed by atoms with van der Waals surface area (Å²) in [6.07, 6.45) is 2.72. The fraction of sp³-hybridized carbons (Fsp3) is 0.167. The SMILES string of the molecule is O=[N+]([O-])c1ccc(CC(O)c2ccoc2)cc1. The molecule has 0 aliphatic heterocycles. The highest BCUT2D eigenvalue weighted by Gasteiger charge is 2.11. The molecule has 1 heterocycles. The Morgan fingerprint density at radius 1 is 1.29 bits per heavy atom. The molecule has 1 unspecified atom stereocenters. The molecule has 1 atom stereocenters. The molecule has 2 aromatic rings. The predicted octanol–water partition coefficient (Wildman–Crippen LogP) is 2.46. The molecule has 0 aliphatic rings. The maximum absolute atomic E-state index is 10.5. The summed E-state index contributed by atoms with van der Waals surface area (Å²) in [4.78, 5) is 10.0. The van der Waals surface area contributed by atoms with Crippen LogP contribution in [0.4, 0.5) is 5.69 Å². The average Bonchev–Trinajstić information content (AvgIpc) is 2.83. The Bertz CT molecular complexity index is 490. The van der Waals surface area contributed by atoms with Crippen molar-refractivity contribution >= 4 is 5.69 Å². The van der Waals surface area contributed by atoms with Crippen molar-refractivity contribution in [3.63, 3.8) is 0 Å². The maximum atomic E-state index is 10.5. The zero-order valence-corrected chi connectivity index (χ0v) is 8.95. The molecule has 0 radical (unpaired) electrons. The number of hydrogen-bond donors (Lipinski definition) is 1. The van der Waals surface area contributed by atoms with Gasteiger partial charge in [-0.15, -0.1) is 0 Å². The predicted molar refractivity (Wildman–Crippen MR) is 60.5 cm³/mol. The van der Waals surface area contributed by atoms with Crippen molar-refractivity contribution in [2.75, 3.05) is 0 Å². The summed E-state index contributed by atoms with van der Waals surface area (Å²) in [5.74, 6) is 0. The number of hydrogen-bond acceptors (Lipinski definition) is 4. The number of nitro groups is 1. The van der Waals surface area contributed by atoms with Gasteiger partial charge < -0.3 is 9.52 Å². The minimum Gasteiger partial charge on any atom is -0.472 e. The van der Waals surface area contributed by atoms with E-state index in [9.17, 15) is 15.2 Å². The second kappa shape index (κ2) is 4.80. The summed E-state index contributed by atoms with van der Waals surface area (Å²) < 4.78 is 4.87. The number of non-ortho nitro benzene ring substituents is 1. The van der Waals surface area contributed by atoms with Crippen LogP contribution in [-0.4, -0.2) is 10.0 Å². The molecule has 5 heteroatoms. The Morgan fingerprint density at radius 2 is 2.00 bits per heavy atom. The van der Waals surface area contributed by atoms with Gasteiger partial charge in [0.1, 0.15) is 0 Å². The van der Waals surface area contributed by atoms with Gasteiger partial charge in [0.25, 0.3) is 5.69 Å². The van der Waals surface area contributed by atoms with E-state index in [1.165, 1.54) is 24.7 Å². The number of furan rings is 1. The lowest BCUT2D eigenvalue weighted by molar-refractivity contribution is -0.384. The summed E-state index contributed by atoms with van der Waals surface area (Å²) in [6, 6.07) is 7.83. The lowest BCUT2D eigenvalue weighted by Crippen LogP contribution is -2.00. The lowest BCUT2D eigenvalue weighted by atomic mass is 10.0. The highest BCUT2D eigenvalue weighted by atomic mass is 16.6. The van der Waals surface area contributed by atoms with Gasteiger partial charge in [0.05, 0.1) is 23.6 Å². The molecule has 1 N–H and O–H groups in total. The average molecular weight is 233 g/mol. The van der Waals surface area contributed by atoms with Crippen LogP contribution in [0.5, 0.6) is 0 Å². The van der Waals surface area contributed by atoms with Gasteiger partial charge in [0.2, 0.25) is 0 Å². The Labute approximate surface area is 97.5 Å². The van der Waals surface area contributed by atoms with Crippen LogP contribution in [-0.2, 0) is 6.42 Å². The third kappa shape index (κ3) is 2.70. The monoisotopic (exact) mass is 233 g/mol. The van der Waals surface area contributed by atoms with E-state index < -0.39 is 11.0 Å². The smallest absolute Gasteiger partial charge is 0.269 e. The quantitative estimate of drug-likeness (QED) is 0.650. The molecule has 0 bridgehead atoms. The normalized spacial score (nSPS) is 12.3. The molecular formula is C12H11NO4. The fourth-order valence-electron chi connectivity index (χ4n) is 1.56. The van der Waals surface area contributed by atoms with Crippen LogP contribution in [0.25, 0.3) is 0 Å². The molecule has 2 rings (SSSR count). The highest BCUT2D eigenvalue weighted by molar-refractivity contribution is 5.33. The molecule has 0 saturated heterocycles. The van der Waals surface area contributed by atoms with E-state index in [-0.39, 0.29) is 5.69 Å². The summed E-state index contributed by atoms with van der Waals surface area (Å²) in [6.45, 7) is 0. The van der Waals surface area contributed by atoms with Crippen LogP contribution in [0, 0.1) is 10.1 Å². The molecule has 0 spiro atoms. The summed E-state index contributed by atoms with van der Waals surface area (Å²) in [5.41, 5.74) is 1.58. The van der Waals surface area contributed by atoms with Gasteiger partial charge >= 0.3 is 0 Å². The molecule has 5 nitrogen and oxygen atoms in total. The lowest BCUT2D eigenvalue weighted by Gasteiger charge is -2.07. The zero-order valence-electron chi connectivity index (χ0n) is 8.95. The van der Waals surface area contributed by atoms with Crippen molar-refractivity contribution < 1.29 is 14.4 Å². The van der Waals surface area contributed by atoms with Gasteiger partial charge in [-0.2, -0.15) is 0 Å². The first-order valence-corrected chi connectivity index (χ1v) is 5.10. The van der Waals surface area contributed by atoms with E-state index in [1.807, 2.05) is 0 Å². The fourth-order valence-corrected chi connectivity index (χ4v) is 1.56. The second-order valence-electron chi connectivity index (χ2n) is 3.70. The molecule has 0 saturated carbocycles. The van der Waals surface area contributed by atoms with Gasteiger partial charge in [-0.1, -0.05) is 12.1 Å². The summed E-state index contributed by atoms with van der Waals surface area (Å²) >= 11 is 0. The van der Waals surface area contributed by atoms with Crippen molar-refractivity contribution in [2.45, 2.75) is 12.5 Å². The minimum atomic E-state index is -0.657. The van der Waals surface area contributed by atoms with Crippen LogP contribution in [0.1, 0.15) is 17.2 Å². The Morgan fingerprint density at radius 3 is 2.53 bits per heavy atom. The number of aliphatic hydroxyl groups excluding tert-OH is 1. The first kappa shape index (κ1) is 11.3. The number of rotatable bonds is 4. The van der Waals surface area contributed by atoms with E-state index in [4.69, 9.17) is 4.42 Å². The van der Waals surface area contributed by atoms with Crippen molar-refractivity contribution in [3.05, 3.63) is 64.1 Å². The van der Waals surface area contributed by atoms with E-state index in [2.05, 4.69) is 0 Å². The Balaban J connectivity index is 2.06. The first-order valence-electron chi connectivity index (χ1n) is 5.10. The van der Waals surface area contributed by atoms with Gasteiger partial charge in [0, 0.05) is 24.1 Å². The summed E-state index contributed by atoms with van der Waals surface area (Å²) in [7, 11) is 0. The first-order chi connectivity index (χ1) is 8.16. The van der Waals surface area contributed by atoms with Crippen LogP contribution >= 0.6 is 0 Å². The van der Waals surface area contributed by atoms with Crippen molar-refractivity contribution in [1.29, 1.82) is 0 Å². The minimum absolute atomic E-state index is 0.0477. The highest BCUT2D eigenvalue weighted by Crippen LogP contribution is 2.20. The Hall–Kier alpha value is -2.14. The van der Waals surface area contributed by atoms with E-state index in [0.29, 0.717) is 12.0 Å². The molecule has 1 aromatic heterocycles.